The van der Waals surface area contributed by atoms with Gasteiger partial charge >= 0.3 is 0 Å². The van der Waals surface area contributed by atoms with Crippen molar-refractivity contribution in [3.8, 4) is 0 Å². The summed E-state index contributed by atoms with van der Waals surface area (Å²) in [6.45, 7) is 4.14. The molecule has 0 heterocycles. The number of benzene rings is 1. The van der Waals surface area contributed by atoms with Crippen molar-refractivity contribution in [1.29, 1.82) is 0 Å². The van der Waals surface area contributed by atoms with E-state index in [1.54, 1.807) is 0 Å². The molecular weight excluding hydrogens is 176 g/mol. The Labute approximate surface area is 85.2 Å². The largest absolute Gasteiger partial charge is 0.399 e. The first-order valence-corrected chi connectivity index (χ1v) is 4.99. The summed E-state index contributed by atoms with van der Waals surface area (Å²) in [5.41, 5.74) is 7.61. The van der Waals surface area contributed by atoms with Gasteiger partial charge in [-0.15, -0.1) is 0 Å². The van der Waals surface area contributed by atoms with Crippen LogP contribution in [0.25, 0.3) is 0 Å². The van der Waals surface area contributed by atoms with Crippen LogP contribution in [0.3, 0.4) is 0 Å². The first-order valence-electron chi connectivity index (χ1n) is 4.99. The van der Waals surface area contributed by atoms with E-state index in [-0.39, 0.29) is 6.61 Å². The molecule has 3 heteroatoms. The van der Waals surface area contributed by atoms with Crippen molar-refractivity contribution in [2.75, 3.05) is 30.3 Å². The van der Waals surface area contributed by atoms with Crippen molar-refractivity contribution >= 4 is 11.4 Å². The van der Waals surface area contributed by atoms with E-state index < -0.39 is 0 Å². The fourth-order valence-electron chi connectivity index (χ4n) is 1.45. The van der Waals surface area contributed by atoms with E-state index in [0.29, 0.717) is 0 Å². The lowest BCUT2D eigenvalue weighted by atomic mass is 10.2. The Kier molecular flexibility index (Phi) is 4.26. The van der Waals surface area contributed by atoms with Crippen LogP contribution in [0.4, 0.5) is 11.4 Å². The standard InChI is InChI=1S/C11H18N2O/c1-2-13(7-4-8-14)11-6-3-5-10(12)9-11/h3,5-6,9,14H,2,4,7-8,12H2,1H3. The third-order valence-electron chi connectivity index (χ3n) is 2.20. The van der Waals surface area contributed by atoms with E-state index in [9.17, 15) is 0 Å². The third-order valence-corrected chi connectivity index (χ3v) is 2.20. The summed E-state index contributed by atoms with van der Waals surface area (Å²) < 4.78 is 0. The quantitative estimate of drug-likeness (QED) is 0.698. The molecule has 0 amide bonds. The van der Waals surface area contributed by atoms with E-state index in [1.165, 1.54) is 0 Å². The van der Waals surface area contributed by atoms with Gasteiger partial charge in [-0.25, -0.2) is 0 Å². The maximum atomic E-state index is 8.76. The maximum absolute atomic E-state index is 8.76. The van der Waals surface area contributed by atoms with Crippen molar-refractivity contribution < 1.29 is 5.11 Å². The average Bonchev–Trinajstić information content (AvgIpc) is 2.19. The Morgan fingerprint density at radius 3 is 2.79 bits per heavy atom. The molecule has 3 nitrogen and oxygen atoms in total. The molecule has 1 rings (SSSR count). The molecular formula is C11H18N2O. The number of aliphatic hydroxyl groups is 1. The molecule has 0 fully saturated rings. The van der Waals surface area contributed by atoms with Crippen LogP contribution in [-0.4, -0.2) is 24.8 Å². The molecule has 0 unspecified atom stereocenters. The molecule has 1 aromatic rings. The van der Waals surface area contributed by atoms with E-state index in [0.717, 1.165) is 30.9 Å². The Bertz CT molecular complexity index is 276. The molecule has 0 spiro atoms. The predicted molar refractivity (Wildman–Crippen MR) is 60.4 cm³/mol. The van der Waals surface area contributed by atoms with Crippen LogP contribution in [0, 0.1) is 0 Å². The molecule has 0 radical (unpaired) electrons. The second-order valence-electron chi connectivity index (χ2n) is 3.25. The van der Waals surface area contributed by atoms with E-state index in [4.69, 9.17) is 10.8 Å². The normalized spacial score (nSPS) is 10.1. The van der Waals surface area contributed by atoms with Gasteiger partial charge in [-0.05, 0) is 31.5 Å². The van der Waals surface area contributed by atoms with Crippen LogP contribution in [0.2, 0.25) is 0 Å². The molecule has 0 bridgehead atoms. The van der Waals surface area contributed by atoms with Gasteiger partial charge in [0.15, 0.2) is 0 Å². The molecule has 0 saturated heterocycles. The minimum Gasteiger partial charge on any atom is -0.399 e. The zero-order chi connectivity index (χ0) is 10.4. The second-order valence-corrected chi connectivity index (χ2v) is 3.25. The van der Waals surface area contributed by atoms with Crippen LogP contribution in [0.15, 0.2) is 24.3 Å². The molecule has 3 N–H and O–H groups in total. The first kappa shape index (κ1) is 10.9. The summed E-state index contributed by atoms with van der Waals surface area (Å²) in [5.74, 6) is 0. The second kappa shape index (κ2) is 5.50. The van der Waals surface area contributed by atoms with Gasteiger partial charge in [-0.2, -0.15) is 0 Å². The number of nitrogens with two attached hydrogens (primary N) is 1. The SMILES string of the molecule is CCN(CCCO)c1cccc(N)c1. The molecule has 0 saturated carbocycles. The lowest BCUT2D eigenvalue weighted by Crippen LogP contribution is -2.24. The van der Waals surface area contributed by atoms with E-state index in [2.05, 4.69) is 11.8 Å². The van der Waals surface area contributed by atoms with Crippen LogP contribution in [-0.2, 0) is 0 Å². The minimum atomic E-state index is 0.235. The lowest BCUT2D eigenvalue weighted by molar-refractivity contribution is 0.289. The topological polar surface area (TPSA) is 49.5 Å². The minimum absolute atomic E-state index is 0.235. The number of hydrogen-bond donors (Lipinski definition) is 2. The predicted octanol–water partition coefficient (Wildman–Crippen LogP) is 1.48. The Morgan fingerprint density at radius 2 is 2.21 bits per heavy atom. The zero-order valence-electron chi connectivity index (χ0n) is 8.61. The highest BCUT2D eigenvalue weighted by Gasteiger charge is 2.02. The van der Waals surface area contributed by atoms with Crippen molar-refractivity contribution in [2.24, 2.45) is 0 Å². The number of aliphatic hydroxyl groups excluding tert-OH is 1. The number of nitrogen functional groups attached to an aromatic ring is 1. The van der Waals surface area contributed by atoms with Crippen LogP contribution in [0.1, 0.15) is 13.3 Å². The fraction of sp³-hybridized carbons (Fsp3) is 0.455. The summed E-state index contributed by atoms with van der Waals surface area (Å²) in [5, 5.41) is 8.76. The molecule has 1 aromatic carbocycles. The average molecular weight is 194 g/mol. The highest BCUT2D eigenvalue weighted by Crippen LogP contribution is 2.17. The summed E-state index contributed by atoms with van der Waals surface area (Å²) in [6, 6.07) is 7.83. The Balaban J connectivity index is 2.68. The van der Waals surface area contributed by atoms with Crippen molar-refractivity contribution in [3.05, 3.63) is 24.3 Å². The van der Waals surface area contributed by atoms with Crippen LogP contribution < -0.4 is 10.6 Å². The number of rotatable bonds is 5. The third kappa shape index (κ3) is 2.92. The summed E-state index contributed by atoms with van der Waals surface area (Å²) in [4.78, 5) is 2.20. The molecule has 14 heavy (non-hydrogen) atoms. The summed E-state index contributed by atoms with van der Waals surface area (Å²) in [6.07, 6.45) is 0.794. The molecule has 0 aromatic heterocycles. The molecule has 0 aliphatic rings. The van der Waals surface area contributed by atoms with Gasteiger partial charge in [-0.3, -0.25) is 0 Å². The molecule has 0 atom stereocenters. The van der Waals surface area contributed by atoms with Gasteiger partial charge in [0.1, 0.15) is 0 Å². The maximum Gasteiger partial charge on any atom is 0.0447 e. The molecule has 78 valence electrons. The number of nitrogens with zero attached hydrogens (tertiary/aromatic N) is 1. The van der Waals surface area contributed by atoms with Crippen molar-refractivity contribution in [1.82, 2.24) is 0 Å². The van der Waals surface area contributed by atoms with E-state index in [1.807, 2.05) is 24.3 Å². The fourth-order valence-corrected chi connectivity index (χ4v) is 1.45. The van der Waals surface area contributed by atoms with Gasteiger partial charge < -0.3 is 15.7 Å². The van der Waals surface area contributed by atoms with Crippen molar-refractivity contribution in [2.45, 2.75) is 13.3 Å². The van der Waals surface area contributed by atoms with Gasteiger partial charge in [-0.1, -0.05) is 6.07 Å². The number of hydrogen-bond acceptors (Lipinski definition) is 3. The number of anilines is 2. The van der Waals surface area contributed by atoms with Gasteiger partial charge in [0.25, 0.3) is 0 Å². The van der Waals surface area contributed by atoms with Gasteiger partial charge in [0, 0.05) is 31.1 Å². The highest BCUT2D eigenvalue weighted by atomic mass is 16.3. The molecule has 0 aliphatic heterocycles. The van der Waals surface area contributed by atoms with Crippen molar-refractivity contribution in [3.63, 3.8) is 0 Å². The van der Waals surface area contributed by atoms with Gasteiger partial charge in [0.2, 0.25) is 0 Å². The Hall–Kier alpha value is -1.22. The Morgan fingerprint density at radius 1 is 1.43 bits per heavy atom. The van der Waals surface area contributed by atoms with Crippen LogP contribution >= 0.6 is 0 Å². The van der Waals surface area contributed by atoms with Crippen LogP contribution in [0.5, 0.6) is 0 Å². The highest BCUT2D eigenvalue weighted by molar-refractivity contribution is 5.55. The van der Waals surface area contributed by atoms with E-state index >= 15 is 0 Å². The smallest absolute Gasteiger partial charge is 0.0447 e. The summed E-state index contributed by atoms with van der Waals surface area (Å²) in [7, 11) is 0. The first-order chi connectivity index (χ1) is 6.77. The zero-order valence-corrected chi connectivity index (χ0v) is 8.61. The van der Waals surface area contributed by atoms with Gasteiger partial charge in [0.05, 0.1) is 0 Å². The lowest BCUT2D eigenvalue weighted by Gasteiger charge is -2.22. The monoisotopic (exact) mass is 194 g/mol. The molecule has 0 aliphatic carbocycles. The summed E-state index contributed by atoms with van der Waals surface area (Å²) >= 11 is 0.